The Morgan fingerprint density at radius 2 is 1.83 bits per heavy atom. The Morgan fingerprint density at radius 3 is 2.58 bits per heavy atom. The number of fused-ring (bicyclic) bond motifs is 1. The molecule has 3 aromatic rings. The number of rotatable bonds is 8. The van der Waals surface area contributed by atoms with Crippen LogP contribution in [0.2, 0.25) is 0 Å². The molecule has 1 saturated heterocycles. The molecule has 1 N–H and O–H groups in total. The SMILES string of the molecule is CNC(=O)c1ccc(CN(CC(=O)N2CCCC2c2ccc3c(c2)OCCO3)Cc2ccco2)cc1. The second-order valence-corrected chi connectivity index (χ2v) is 9.15. The molecule has 8 nitrogen and oxygen atoms in total. The summed E-state index contributed by atoms with van der Waals surface area (Å²) >= 11 is 0. The zero-order chi connectivity index (χ0) is 24.9. The van der Waals surface area contributed by atoms with Gasteiger partial charge in [0.05, 0.1) is 25.4 Å². The molecule has 2 aromatic carbocycles. The van der Waals surface area contributed by atoms with Crippen LogP contribution in [-0.2, 0) is 17.9 Å². The molecule has 8 heteroatoms. The van der Waals surface area contributed by atoms with Crippen molar-refractivity contribution < 1.29 is 23.5 Å². The standard InChI is InChI=1S/C28H31N3O5/c1-29-28(33)21-8-6-20(7-9-21)17-30(18-23-4-3-13-34-23)19-27(32)31-12-2-5-24(31)22-10-11-25-26(16-22)36-15-14-35-25/h3-4,6-11,13,16,24H,2,5,12,14-15,17-19H2,1H3,(H,29,33). The summed E-state index contributed by atoms with van der Waals surface area (Å²) < 4.78 is 17.0. The summed E-state index contributed by atoms with van der Waals surface area (Å²) in [5, 5.41) is 2.64. The third-order valence-electron chi connectivity index (χ3n) is 6.69. The minimum Gasteiger partial charge on any atom is -0.486 e. The van der Waals surface area contributed by atoms with Crippen molar-refractivity contribution in [2.24, 2.45) is 0 Å². The molecule has 0 aliphatic carbocycles. The van der Waals surface area contributed by atoms with Crippen molar-refractivity contribution in [3.63, 3.8) is 0 Å². The van der Waals surface area contributed by atoms with Crippen molar-refractivity contribution in [3.8, 4) is 11.5 Å². The summed E-state index contributed by atoms with van der Waals surface area (Å²) in [6.45, 7) is 3.16. The highest BCUT2D eigenvalue weighted by Gasteiger charge is 2.31. The van der Waals surface area contributed by atoms with Gasteiger partial charge in [0, 0.05) is 25.7 Å². The summed E-state index contributed by atoms with van der Waals surface area (Å²) in [6.07, 6.45) is 3.53. The molecule has 36 heavy (non-hydrogen) atoms. The lowest BCUT2D eigenvalue weighted by molar-refractivity contribution is -0.133. The van der Waals surface area contributed by atoms with Crippen LogP contribution in [0.4, 0.5) is 0 Å². The van der Waals surface area contributed by atoms with Crippen LogP contribution in [0, 0.1) is 0 Å². The summed E-state index contributed by atoms with van der Waals surface area (Å²) in [6, 6.07) is 17.3. The molecule has 2 amide bonds. The Morgan fingerprint density at radius 1 is 1.03 bits per heavy atom. The molecule has 5 rings (SSSR count). The number of benzene rings is 2. The molecular formula is C28H31N3O5. The van der Waals surface area contributed by atoms with Gasteiger partial charge >= 0.3 is 0 Å². The number of nitrogens with one attached hydrogen (secondary N) is 1. The largest absolute Gasteiger partial charge is 0.486 e. The fourth-order valence-corrected chi connectivity index (χ4v) is 4.92. The van der Waals surface area contributed by atoms with E-state index in [0.29, 0.717) is 31.9 Å². The maximum atomic E-state index is 13.6. The molecule has 3 heterocycles. The second-order valence-electron chi connectivity index (χ2n) is 9.15. The highest BCUT2D eigenvalue weighted by Crippen LogP contribution is 2.38. The molecule has 188 valence electrons. The molecule has 1 atom stereocenters. The van der Waals surface area contributed by atoms with Crippen LogP contribution in [0.1, 0.15) is 46.1 Å². The summed E-state index contributed by atoms with van der Waals surface area (Å²) in [5.41, 5.74) is 2.70. The monoisotopic (exact) mass is 489 g/mol. The van der Waals surface area contributed by atoms with Crippen molar-refractivity contribution in [1.82, 2.24) is 15.1 Å². The Labute approximate surface area is 210 Å². The fraction of sp³-hybridized carbons (Fsp3) is 0.357. The quantitative estimate of drug-likeness (QED) is 0.519. The first kappa shape index (κ1) is 23.9. The molecule has 0 bridgehead atoms. The number of amides is 2. The van der Waals surface area contributed by atoms with Gasteiger partial charge in [-0.25, -0.2) is 0 Å². The van der Waals surface area contributed by atoms with E-state index < -0.39 is 0 Å². The fourth-order valence-electron chi connectivity index (χ4n) is 4.92. The lowest BCUT2D eigenvalue weighted by Crippen LogP contribution is -2.39. The third-order valence-corrected chi connectivity index (χ3v) is 6.69. The van der Waals surface area contributed by atoms with Gasteiger partial charge in [0.1, 0.15) is 19.0 Å². The van der Waals surface area contributed by atoms with Crippen LogP contribution in [0.5, 0.6) is 11.5 Å². The van der Waals surface area contributed by atoms with Crippen molar-refractivity contribution in [2.75, 3.05) is 33.4 Å². The van der Waals surface area contributed by atoms with Gasteiger partial charge in [0.2, 0.25) is 5.91 Å². The van der Waals surface area contributed by atoms with Crippen LogP contribution >= 0.6 is 0 Å². The van der Waals surface area contributed by atoms with Gasteiger partial charge in [-0.05, 0) is 60.4 Å². The average Bonchev–Trinajstić information content (AvgIpc) is 3.61. The molecule has 2 aliphatic heterocycles. The normalized spacial score (nSPS) is 16.8. The van der Waals surface area contributed by atoms with Gasteiger partial charge in [-0.3, -0.25) is 14.5 Å². The number of hydrogen-bond donors (Lipinski definition) is 1. The van der Waals surface area contributed by atoms with Gasteiger partial charge in [0.15, 0.2) is 11.5 Å². The highest BCUT2D eigenvalue weighted by molar-refractivity contribution is 5.93. The van der Waals surface area contributed by atoms with E-state index in [2.05, 4.69) is 10.2 Å². The molecule has 0 spiro atoms. The molecule has 1 unspecified atom stereocenters. The number of likely N-dealkylation sites (tertiary alicyclic amines) is 1. The predicted octanol–water partition coefficient (Wildman–Crippen LogP) is 3.78. The molecule has 1 fully saturated rings. The average molecular weight is 490 g/mol. The lowest BCUT2D eigenvalue weighted by Gasteiger charge is -2.29. The van der Waals surface area contributed by atoms with Crippen LogP contribution in [-0.4, -0.2) is 55.0 Å². The molecular weight excluding hydrogens is 458 g/mol. The first-order chi connectivity index (χ1) is 17.6. The number of carbonyl (C=O) groups excluding carboxylic acids is 2. The smallest absolute Gasteiger partial charge is 0.251 e. The Hall–Kier alpha value is -3.78. The van der Waals surface area contributed by atoms with Gasteiger partial charge in [-0.15, -0.1) is 0 Å². The van der Waals surface area contributed by atoms with Gasteiger partial charge < -0.3 is 24.1 Å². The van der Waals surface area contributed by atoms with E-state index in [-0.39, 0.29) is 24.4 Å². The van der Waals surface area contributed by atoms with Crippen molar-refractivity contribution in [3.05, 3.63) is 83.3 Å². The highest BCUT2D eigenvalue weighted by atomic mass is 16.6. The summed E-state index contributed by atoms with van der Waals surface area (Å²) in [7, 11) is 1.61. The third kappa shape index (κ3) is 5.39. The van der Waals surface area contributed by atoms with E-state index in [9.17, 15) is 9.59 Å². The predicted molar refractivity (Wildman–Crippen MR) is 134 cm³/mol. The van der Waals surface area contributed by atoms with Gasteiger partial charge in [-0.1, -0.05) is 18.2 Å². The second kappa shape index (κ2) is 10.9. The number of ether oxygens (including phenoxy) is 2. The lowest BCUT2D eigenvalue weighted by atomic mass is 10.0. The van der Waals surface area contributed by atoms with E-state index in [0.717, 1.165) is 47.8 Å². The van der Waals surface area contributed by atoms with Crippen molar-refractivity contribution >= 4 is 11.8 Å². The van der Waals surface area contributed by atoms with Crippen LogP contribution in [0.25, 0.3) is 0 Å². The summed E-state index contributed by atoms with van der Waals surface area (Å²) in [4.78, 5) is 29.5. The van der Waals surface area contributed by atoms with Crippen LogP contribution < -0.4 is 14.8 Å². The van der Waals surface area contributed by atoms with Crippen molar-refractivity contribution in [2.45, 2.75) is 32.0 Å². The number of hydrogen-bond acceptors (Lipinski definition) is 6. The van der Waals surface area contributed by atoms with E-state index in [1.807, 2.05) is 47.4 Å². The molecule has 0 radical (unpaired) electrons. The van der Waals surface area contributed by atoms with Gasteiger partial charge in [0.25, 0.3) is 5.91 Å². The van der Waals surface area contributed by atoms with Gasteiger partial charge in [-0.2, -0.15) is 0 Å². The maximum Gasteiger partial charge on any atom is 0.251 e. The first-order valence-electron chi connectivity index (χ1n) is 12.4. The zero-order valence-electron chi connectivity index (χ0n) is 20.4. The number of carbonyl (C=O) groups is 2. The van der Waals surface area contributed by atoms with Crippen molar-refractivity contribution in [1.29, 1.82) is 0 Å². The Bertz CT molecular complexity index is 1190. The minimum atomic E-state index is -0.122. The van der Waals surface area contributed by atoms with E-state index >= 15 is 0 Å². The molecule has 0 saturated carbocycles. The number of furan rings is 1. The summed E-state index contributed by atoms with van der Waals surface area (Å²) in [5.74, 6) is 2.27. The number of nitrogens with zero attached hydrogens (tertiary/aromatic N) is 2. The zero-order valence-corrected chi connectivity index (χ0v) is 20.4. The van der Waals surface area contributed by atoms with E-state index in [4.69, 9.17) is 13.9 Å². The van der Waals surface area contributed by atoms with E-state index in [1.165, 1.54) is 0 Å². The van der Waals surface area contributed by atoms with E-state index in [1.54, 1.807) is 25.4 Å². The minimum absolute atomic E-state index is 0.0191. The maximum absolute atomic E-state index is 13.6. The Balaban J connectivity index is 1.30. The van der Waals surface area contributed by atoms with Crippen LogP contribution in [0.15, 0.2) is 65.3 Å². The molecule has 2 aliphatic rings. The first-order valence-corrected chi connectivity index (χ1v) is 12.4. The van der Waals surface area contributed by atoms with Crippen LogP contribution in [0.3, 0.4) is 0 Å². The topological polar surface area (TPSA) is 84.3 Å². The molecule has 1 aromatic heterocycles. The Kier molecular flexibility index (Phi) is 7.23.